The molecule has 2 N–H and O–H groups in total. The molecule has 0 spiro atoms. The first-order chi connectivity index (χ1) is 9.36. The third kappa shape index (κ3) is 3.72. The molecule has 1 amide bonds. The minimum absolute atomic E-state index is 0.171. The van der Waals surface area contributed by atoms with Gasteiger partial charge in [-0.25, -0.2) is 0 Å². The van der Waals surface area contributed by atoms with Crippen molar-refractivity contribution in [1.82, 2.24) is 5.32 Å². The van der Waals surface area contributed by atoms with E-state index < -0.39 is 11.7 Å². The van der Waals surface area contributed by atoms with Crippen LogP contribution in [0.25, 0.3) is 0 Å². The van der Waals surface area contributed by atoms with Crippen molar-refractivity contribution in [3.63, 3.8) is 0 Å². The van der Waals surface area contributed by atoms with Crippen LogP contribution < -0.4 is 10.6 Å². The SMILES string of the molecule is CC1CCCC(C(=O)Nc2cccc(C(F)(F)F)c2)N1. The first-order valence-electron chi connectivity index (χ1n) is 6.60. The summed E-state index contributed by atoms with van der Waals surface area (Å²) in [5.41, 5.74) is -0.592. The Hall–Kier alpha value is -1.56. The molecule has 0 aliphatic carbocycles. The van der Waals surface area contributed by atoms with E-state index in [0.717, 1.165) is 25.0 Å². The largest absolute Gasteiger partial charge is 0.416 e. The van der Waals surface area contributed by atoms with Crippen LogP contribution in [0.4, 0.5) is 18.9 Å². The molecule has 1 heterocycles. The van der Waals surface area contributed by atoms with E-state index in [1.807, 2.05) is 6.92 Å². The molecule has 3 nitrogen and oxygen atoms in total. The molecule has 0 aromatic heterocycles. The lowest BCUT2D eigenvalue weighted by molar-refractivity contribution is -0.137. The molecule has 1 aliphatic heterocycles. The quantitative estimate of drug-likeness (QED) is 0.876. The summed E-state index contributed by atoms with van der Waals surface area (Å²) in [6.07, 6.45) is -1.75. The molecule has 1 saturated heterocycles. The van der Waals surface area contributed by atoms with Gasteiger partial charge >= 0.3 is 6.18 Å². The Morgan fingerprint density at radius 1 is 1.35 bits per heavy atom. The Morgan fingerprint density at radius 3 is 2.75 bits per heavy atom. The van der Waals surface area contributed by atoms with Crippen LogP contribution in [0.2, 0.25) is 0 Å². The van der Waals surface area contributed by atoms with Crippen molar-refractivity contribution in [1.29, 1.82) is 0 Å². The van der Waals surface area contributed by atoms with Crippen LogP contribution in [0.3, 0.4) is 0 Å². The molecule has 0 bridgehead atoms. The van der Waals surface area contributed by atoms with Gasteiger partial charge in [0.1, 0.15) is 0 Å². The smallest absolute Gasteiger partial charge is 0.325 e. The van der Waals surface area contributed by atoms with Gasteiger partial charge in [0.25, 0.3) is 0 Å². The number of nitrogens with one attached hydrogen (secondary N) is 2. The summed E-state index contributed by atoms with van der Waals surface area (Å²) >= 11 is 0. The molecule has 0 saturated carbocycles. The van der Waals surface area contributed by atoms with Crippen molar-refractivity contribution in [3.05, 3.63) is 29.8 Å². The van der Waals surface area contributed by atoms with E-state index in [1.54, 1.807) is 0 Å². The first-order valence-corrected chi connectivity index (χ1v) is 6.60. The summed E-state index contributed by atoms with van der Waals surface area (Å²) in [6, 6.07) is 4.59. The zero-order valence-electron chi connectivity index (χ0n) is 11.1. The normalized spacial score (nSPS) is 23.4. The van der Waals surface area contributed by atoms with E-state index >= 15 is 0 Å². The van der Waals surface area contributed by atoms with Crippen LogP contribution >= 0.6 is 0 Å². The van der Waals surface area contributed by atoms with Crippen molar-refractivity contribution in [3.8, 4) is 0 Å². The zero-order chi connectivity index (χ0) is 14.8. The lowest BCUT2D eigenvalue weighted by Gasteiger charge is -2.27. The topological polar surface area (TPSA) is 41.1 Å². The van der Waals surface area contributed by atoms with Crippen LogP contribution in [0.15, 0.2) is 24.3 Å². The molecule has 20 heavy (non-hydrogen) atoms. The number of carbonyl (C=O) groups is 1. The van der Waals surface area contributed by atoms with Gasteiger partial charge in [-0.15, -0.1) is 0 Å². The van der Waals surface area contributed by atoms with Gasteiger partial charge in [0, 0.05) is 11.7 Å². The molecule has 2 atom stereocenters. The fourth-order valence-corrected chi connectivity index (χ4v) is 2.35. The Kier molecular flexibility index (Phi) is 4.32. The van der Waals surface area contributed by atoms with Crippen molar-refractivity contribution in [2.45, 2.75) is 44.4 Å². The number of hydrogen-bond acceptors (Lipinski definition) is 2. The van der Waals surface area contributed by atoms with Crippen LogP contribution in [0, 0.1) is 0 Å². The molecular formula is C14H17F3N2O. The molecule has 1 fully saturated rings. The summed E-state index contributed by atoms with van der Waals surface area (Å²) in [4.78, 5) is 12.0. The van der Waals surface area contributed by atoms with E-state index in [4.69, 9.17) is 0 Å². The highest BCUT2D eigenvalue weighted by molar-refractivity contribution is 5.95. The Bertz CT molecular complexity index is 488. The van der Waals surface area contributed by atoms with Crippen molar-refractivity contribution < 1.29 is 18.0 Å². The number of rotatable bonds is 2. The lowest BCUT2D eigenvalue weighted by atomic mass is 9.99. The fourth-order valence-electron chi connectivity index (χ4n) is 2.35. The molecule has 2 unspecified atom stereocenters. The zero-order valence-corrected chi connectivity index (χ0v) is 11.1. The number of piperidine rings is 1. The van der Waals surface area contributed by atoms with Crippen molar-refractivity contribution >= 4 is 11.6 Å². The molecule has 1 aromatic carbocycles. The monoisotopic (exact) mass is 286 g/mol. The number of carbonyl (C=O) groups excluding carboxylic acids is 1. The second-order valence-corrected chi connectivity index (χ2v) is 5.12. The molecule has 1 aliphatic rings. The number of alkyl halides is 3. The maximum Gasteiger partial charge on any atom is 0.416 e. The molecular weight excluding hydrogens is 269 g/mol. The number of hydrogen-bond donors (Lipinski definition) is 2. The van der Waals surface area contributed by atoms with Gasteiger partial charge in [-0.05, 0) is 44.4 Å². The third-order valence-corrected chi connectivity index (χ3v) is 3.39. The Labute approximate surface area is 115 Å². The molecule has 2 rings (SSSR count). The molecule has 110 valence electrons. The minimum Gasteiger partial charge on any atom is -0.325 e. The third-order valence-electron chi connectivity index (χ3n) is 3.39. The number of anilines is 1. The predicted octanol–water partition coefficient (Wildman–Crippen LogP) is 3.17. The Balaban J connectivity index is 2.04. The summed E-state index contributed by atoms with van der Waals surface area (Å²) in [5, 5.41) is 5.69. The second-order valence-electron chi connectivity index (χ2n) is 5.12. The molecule has 0 radical (unpaired) electrons. The highest BCUT2D eigenvalue weighted by Crippen LogP contribution is 2.30. The van der Waals surface area contributed by atoms with Crippen molar-refractivity contribution in [2.75, 3.05) is 5.32 Å². The van der Waals surface area contributed by atoms with Crippen LogP contribution in [-0.4, -0.2) is 18.0 Å². The van der Waals surface area contributed by atoms with E-state index in [-0.39, 0.29) is 23.7 Å². The van der Waals surface area contributed by atoms with E-state index in [2.05, 4.69) is 10.6 Å². The first kappa shape index (κ1) is 14.8. The summed E-state index contributed by atoms with van der Waals surface area (Å²) in [5.74, 6) is -0.282. The van der Waals surface area contributed by atoms with Crippen molar-refractivity contribution in [2.24, 2.45) is 0 Å². The van der Waals surface area contributed by atoms with Gasteiger partial charge in [0.2, 0.25) is 5.91 Å². The van der Waals surface area contributed by atoms with Gasteiger partial charge in [-0.1, -0.05) is 6.07 Å². The summed E-state index contributed by atoms with van der Waals surface area (Å²) in [7, 11) is 0. The molecule has 1 aromatic rings. The average Bonchev–Trinajstić information content (AvgIpc) is 2.38. The van der Waals surface area contributed by atoms with E-state index in [9.17, 15) is 18.0 Å². The van der Waals surface area contributed by atoms with Crippen LogP contribution in [0.1, 0.15) is 31.7 Å². The number of halogens is 3. The summed E-state index contributed by atoms with van der Waals surface area (Å²) < 4.78 is 37.8. The highest BCUT2D eigenvalue weighted by Gasteiger charge is 2.31. The predicted molar refractivity (Wildman–Crippen MR) is 70.3 cm³/mol. The van der Waals surface area contributed by atoms with Gasteiger partial charge in [-0.3, -0.25) is 4.79 Å². The highest BCUT2D eigenvalue weighted by atomic mass is 19.4. The van der Waals surface area contributed by atoms with Crippen LogP contribution in [0.5, 0.6) is 0 Å². The van der Waals surface area contributed by atoms with E-state index in [1.165, 1.54) is 12.1 Å². The van der Waals surface area contributed by atoms with E-state index in [0.29, 0.717) is 6.42 Å². The second kappa shape index (κ2) is 5.83. The Morgan fingerprint density at radius 2 is 2.10 bits per heavy atom. The minimum atomic E-state index is -4.40. The standard InChI is InChI=1S/C14H17F3N2O/c1-9-4-2-7-12(18-9)13(20)19-11-6-3-5-10(8-11)14(15,16)17/h3,5-6,8-9,12,18H,2,4,7H2,1H3,(H,19,20). The maximum atomic E-state index is 12.6. The van der Waals surface area contributed by atoms with Gasteiger partial charge in [0.15, 0.2) is 0 Å². The van der Waals surface area contributed by atoms with Gasteiger partial charge in [0.05, 0.1) is 11.6 Å². The van der Waals surface area contributed by atoms with Gasteiger partial charge in [-0.2, -0.15) is 13.2 Å². The fraction of sp³-hybridized carbons (Fsp3) is 0.500. The van der Waals surface area contributed by atoms with Gasteiger partial charge < -0.3 is 10.6 Å². The lowest BCUT2D eigenvalue weighted by Crippen LogP contribution is -2.47. The maximum absolute atomic E-state index is 12.6. The van der Waals surface area contributed by atoms with Crippen LogP contribution in [-0.2, 0) is 11.0 Å². The number of amides is 1. The number of benzene rings is 1. The molecule has 6 heteroatoms. The summed E-state index contributed by atoms with van der Waals surface area (Å²) in [6.45, 7) is 1.99. The average molecular weight is 286 g/mol.